The van der Waals surface area contributed by atoms with Crippen LogP contribution in [0.3, 0.4) is 0 Å². The minimum Gasteiger partial charge on any atom is -0.350 e. The molecule has 12 heteroatoms. The van der Waals surface area contributed by atoms with Crippen molar-refractivity contribution in [2.24, 2.45) is 0 Å². The van der Waals surface area contributed by atoms with Gasteiger partial charge >= 0.3 is 12.6 Å². The highest BCUT2D eigenvalue weighted by atomic mass is 35.7. The van der Waals surface area contributed by atoms with E-state index in [-0.39, 0.29) is 24.9 Å². The number of benzene rings is 4. The highest BCUT2D eigenvalue weighted by Gasteiger charge is 2.47. The Balaban J connectivity index is 1.43. The smallest absolute Gasteiger partial charge is 0.350 e. The highest BCUT2D eigenvalue weighted by molar-refractivity contribution is 7.83. The third-order valence-electron chi connectivity index (χ3n) is 8.51. The summed E-state index contributed by atoms with van der Waals surface area (Å²) >= 11 is 6.28. The average molecular weight is 698 g/mol. The Morgan fingerprint density at radius 2 is 1.39 bits per heavy atom. The van der Waals surface area contributed by atoms with Gasteiger partial charge in [0.2, 0.25) is 0 Å². The van der Waals surface area contributed by atoms with Crippen LogP contribution >= 0.6 is 18.1 Å². The van der Waals surface area contributed by atoms with E-state index in [0.717, 1.165) is 16.7 Å². The van der Waals surface area contributed by atoms with Crippen molar-refractivity contribution in [3.63, 3.8) is 0 Å². The number of hydrogen-bond acceptors (Lipinski definition) is 7. The molecular formula is C37H37ClN5O5P. The lowest BCUT2D eigenvalue weighted by Gasteiger charge is -2.50. The van der Waals surface area contributed by atoms with E-state index in [4.69, 9.17) is 20.5 Å². The molecule has 2 heterocycles. The van der Waals surface area contributed by atoms with E-state index in [9.17, 15) is 14.2 Å². The second-order valence-electron chi connectivity index (χ2n) is 11.8. The van der Waals surface area contributed by atoms with Crippen LogP contribution in [0, 0.1) is 0 Å². The van der Waals surface area contributed by atoms with E-state index in [2.05, 4.69) is 51.6 Å². The molecule has 0 radical (unpaired) electrons. The molecule has 1 aliphatic heterocycles. The summed E-state index contributed by atoms with van der Waals surface area (Å²) in [6.45, 7) is -3.13. The van der Waals surface area contributed by atoms with Crippen molar-refractivity contribution in [3.8, 4) is 0 Å². The van der Waals surface area contributed by atoms with Crippen molar-refractivity contribution in [2.75, 3.05) is 39.1 Å². The highest BCUT2D eigenvalue weighted by Crippen LogP contribution is 2.54. The molecule has 0 spiro atoms. The second-order valence-corrected chi connectivity index (χ2v) is 15.1. The van der Waals surface area contributed by atoms with Gasteiger partial charge in [-0.1, -0.05) is 109 Å². The number of anilines is 1. The molecule has 1 aliphatic rings. The number of rotatable bonds is 11. The molecule has 1 fully saturated rings. The topological polar surface area (TPSA) is 106 Å². The van der Waals surface area contributed by atoms with Gasteiger partial charge in [0.05, 0.1) is 18.2 Å². The molecule has 10 nitrogen and oxygen atoms in total. The number of halogens is 1. The largest absolute Gasteiger partial charge is 0.362 e. The number of nitrogens with one attached hydrogen (secondary N) is 1. The molecule has 49 heavy (non-hydrogen) atoms. The van der Waals surface area contributed by atoms with Crippen LogP contribution in [0.25, 0.3) is 0 Å². The summed E-state index contributed by atoms with van der Waals surface area (Å²) in [7, 11) is 3.17. The number of morpholine rings is 1. The first kappa shape index (κ1) is 34.5. The molecular weight excluding hydrogens is 661 g/mol. The lowest BCUT2D eigenvalue weighted by Crippen LogP contribution is -2.58. The summed E-state index contributed by atoms with van der Waals surface area (Å²) in [5.41, 5.74) is 2.02. The Hall–Kier alpha value is -4.41. The van der Waals surface area contributed by atoms with E-state index in [0.29, 0.717) is 12.1 Å². The van der Waals surface area contributed by atoms with Crippen molar-refractivity contribution in [1.82, 2.24) is 19.1 Å². The Labute approximate surface area is 290 Å². The summed E-state index contributed by atoms with van der Waals surface area (Å²) < 4.78 is 28.1. The van der Waals surface area contributed by atoms with E-state index in [1.165, 1.54) is 9.24 Å². The maximum atomic E-state index is 13.6. The van der Waals surface area contributed by atoms with E-state index in [1.807, 2.05) is 60.7 Å². The molecule has 2 unspecified atom stereocenters. The molecule has 0 bridgehead atoms. The molecule has 6 rings (SSSR count). The van der Waals surface area contributed by atoms with Crippen LogP contribution in [0.1, 0.15) is 33.3 Å². The first-order chi connectivity index (χ1) is 23.7. The molecule has 1 N–H and O–H groups in total. The van der Waals surface area contributed by atoms with Crippen molar-refractivity contribution in [3.05, 3.63) is 166 Å². The molecule has 252 valence electrons. The molecule has 4 aromatic carbocycles. The Morgan fingerprint density at radius 3 is 1.88 bits per heavy atom. The van der Waals surface area contributed by atoms with Gasteiger partial charge in [0.1, 0.15) is 5.82 Å². The van der Waals surface area contributed by atoms with E-state index in [1.54, 1.807) is 50.6 Å². The molecule has 0 aliphatic carbocycles. The summed E-state index contributed by atoms with van der Waals surface area (Å²) in [6.07, 6.45) is 0.0558. The monoisotopic (exact) mass is 697 g/mol. The van der Waals surface area contributed by atoms with Gasteiger partial charge in [-0.15, -0.1) is 0 Å². The molecule has 1 amide bonds. The van der Waals surface area contributed by atoms with E-state index < -0.39 is 30.4 Å². The number of carbonyl (C=O) groups is 1. The quantitative estimate of drug-likeness (QED) is 0.121. The first-order valence-corrected chi connectivity index (χ1v) is 18.3. The van der Waals surface area contributed by atoms with Gasteiger partial charge in [0, 0.05) is 24.8 Å². The van der Waals surface area contributed by atoms with Gasteiger partial charge in [-0.2, -0.15) is 4.98 Å². The summed E-state index contributed by atoms with van der Waals surface area (Å²) in [5, 5.41) is 2.70. The predicted molar refractivity (Wildman–Crippen MR) is 191 cm³/mol. The molecule has 0 saturated carbocycles. The van der Waals surface area contributed by atoms with Crippen molar-refractivity contribution in [2.45, 2.75) is 17.9 Å². The van der Waals surface area contributed by atoms with Gasteiger partial charge in [-0.05, 0) is 60.2 Å². The zero-order chi connectivity index (χ0) is 34.4. The van der Waals surface area contributed by atoms with Crippen molar-refractivity contribution >= 4 is 29.8 Å². The van der Waals surface area contributed by atoms with Gasteiger partial charge in [0.15, 0.2) is 6.23 Å². The number of amides is 1. The fourth-order valence-corrected chi connectivity index (χ4v) is 6.94. The number of nitrogens with zero attached hydrogens (tertiary/aromatic N) is 4. The molecule has 5 aromatic rings. The van der Waals surface area contributed by atoms with Gasteiger partial charge in [-0.3, -0.25) is 18.8 Å². The molecule has 1 aromatic heterocycles. The van der Waals surface area contributed by atoms with Gasteiger partial charge < -0.3 is 14.6 Å². The standard InChI is InChI=1S/C37H37ClN5O5P/c1-41(2)49(38,46)47-27-32-25-42(26-34(48-32)43-24-23-33(40-36(43)45)39-35(44)28-15-7-3-8-16-28)37(29-17-9-4-10-18-29,30-19-11-5-12-20-30)31-21-13-6-14-22-31/h3-24,32,34H,25-27H2,1-2H3,(H,39,40,44,45)/t32-,34?,49?/m0/s1. The van der Waals surface area contributed by atoms with E-state index >= 15 is 0 Å². The number of carbonyl (C=O) groups excluding carboxylic acids is 1. The zero-order valence-corrected chi connectivity index (χ0v) is 28.8. The number of hydrogen-bond donors (Lipinski definition) is 1. The van der Waals surface area contributed by atoms with Crippen LogP contribution in [0.5, 0.6) is 0 Å². The minimum absolute atomic E-state index is 0.103. The molecule has 1 saturated heterocycles. The second kappa shape index (κ2) is 15.0. The van der Waals surface area contributed by atoms with Crippen LogP contribution in [-0.2, 0) is 19.4 Å². The predicted octanol–water partition coefficient (Wildman–Crippen LogP) is 6.61. The van der Waals surface area contributed by atoms with Gasteiger partial charge in [0.25, 0.3) is 5.91 Å². The SMILES string of the molecule is CN(C)P(=O)(Cl)OC[C@@H]1CN(C(c2ccccc2)(c2ccccc2)c2ccccc2)CC(n2ccc(NC(=O)c3ccccc3)nc2=O)O1. The maximum absolute atomic E-state index is 13.6. The maximum Gasteiger partial charge on any atom is 0.362 e. The normalized spacial score (nSPS) is 18.1. The van der Waals surface area contributed by atoms with Crippen LogP contribution in [0.2, 0.25) is 0 Å². The van der Waals surface area contributed by atoms with Crippen LogP contribution < -0.4 is 11.0 Å². The third-order valence-corrected chi connectivity index (χ3v) is 11.1. The number of aromatic nitrogens is 2. The van der Waals surface area contributed by atoms with Gasteiger partial charge in [-0.25, -0.2) is 9.46 Å². The number of ether oxygens (including phenoxy) is 1. The fraction of sp³-hybridized carbons (Fsp3) is 0.216. The minimum atomic E-state index is -3.63. The average Bonchev–Trinajstić information content (AvgIpc) is 3.13. The lowest BCUT2D eigenvalue weighted by atomic mass is 9.75. The summed E-state index contributed by atoms with van der Waals surface area (Å²) in [4.78, 5) is 32.9. The van der Waals surface area contributed by atoms with Crippen LogP contribution in [0.4, 0.5) is 5.82 Å². The Morgan fingerprint density at radius 1 is 0.878 bits per heavy atom. The Kier molecular flexibility index (Phi) is 10.6. The lowest BCUT2D eigenvalue weighted by molar-refractivity contribution is -0.148. The van der Waals surface area contributed by atoms with Crippen LogP contribution in [-0.4, -0.2) is 64.9 Å². The molecule has 3 atom stereocenters. The van der Waals surface area contributed by atoms with Crippen molar-refractivity contribution < 1.29 is 18.6 Å². The van der Waals surface area contributed by atoms with Crippen molar-refractivity contribution in [1.29, 1.82) is 0 Å². The first-order valence-electron chi connectivity index (χ1n) is 15.8. The zero-order valence-electron chi connectivity index (χ0n) is 27.1. The third kappa shape index (κ3) is 7.45. The fourth-order valence-electron chi connectivity index (χ4n) is 6.19. The Bertz CT molecular complexity index is 1870. The summed E-state index contributed by atoms with van der Waals surface area (Å²) in [6, 6.07) is 40.8. The summed E-state index contributed by atoms with van der Waals surface area (Å²) in [5.74, 6) is -0.267. The van der Waals surface area contributed by atoms with Crippen LogP contribution in [0.15, 0.2) is 138 Å².